The van der Waals surface area contributed by atoms with Crippen molar-refractivity contribution in [2.24, 2.45) is 0 Å². The lowest BCUT2D eigenvalue weighted by molar-refractivity contribution is -0.116. The summed E-state index contributed by atoms with van der Waals surface area (Å²) in [6.07, 6.45) is 5.80. The summed E-state index contributed by atoms with van der Waals surface area (Å²) in [4.78, 5) is 18.7. The monoisotopic (exact) mass is 327 g/mol. The lowest BCUT2D eigenvalue weighted by atomic mass is 10.1. The van der Waals surface area contributed by atoms with E-state index >= 15 is 0 Å². The molecule has 0 radical (unpaired) electrons. The highest BCUT2D eigenvalue weighted by molar-refractivity contribution is 7.09. The van der Waals surface area contributed by atoms with Gasteiger partial charge in [0.25, 0.3) is 0 Å². The average molecular weight is 327 g/mol. The van der Waals surface area contributed by atoms with Gasteiger partial charge in [0.15, 0.2) is 0 Å². The normalized spacial score (nSPS) is 14.6. The van der Waals surface area contributed by atoms with Crippen LogP contribution in [0.5, 0.6) is 0 Å². The Balaban J connectivity index is 1.59. The molecule has 1 fully saturated rings. The number of hydrogen-bond donors (Lipinski definition) is 1. The summed E-state index contributed by atoms with van der Waals surface area (Å²) in [5.41, 5.74) is 3.24. The van der Waals surface area contributed by atoms with Crippen LogP contribution in [0.1, 0.15) is 29.1 Å². The Morgan fingerprint density at radius 1 is 1.35 bits per heavy atom. The lowest BCUT2D eigenvalue weighted by Crippen LogP contribution is -2.24. The third-order valence-corrected chi connectivity index (χ3v) is 4.73. The second-order valence-electron chi connectivity index (χ2n) is 5.67. The van der Waals surface area contributed by atoms with Crippen LogP contribution in [-0.4, -0.2) is 24.0 Å². The summed E-state index contributed by atoms with van der Waals surface area (Å²) < 4.78 is 0. The summed E-state index contributed by atoms with van der Waals surface area (Å²) >= 11 is 1.58. The molecule has 0 saturated carbocycles. The summed E-state index contributed by atoms with van der Waals surface area (Å²) in [5.74, 6) is -0.0909. The molecule has 0 spiro atoms. The maximum absolute atomic E-state index is 12.0. The number of benzene rings is 1. The number of nitrogens with one attached hydrogen (secondary N) is 1. The Morgan fingerprint density at radius 3 is 2.87 bits per heavy atom. The first kappa shape index (κ1) is 15.7. The zero-order chi connectivity index (χ0) is 16.1. The maximum Gasteiger partial charge on any atom is 0.244 e. The third-order valence-electron chi connectivity index (χ3n) is 3.93. The number of anilines is 1. The van der Waals surface area contributed by atoms with Crippen LogP contribution in [0.25, 0.3) is 6.08 Å². The number of nitrogens with zero attached hydrogens (tertiary/aromatic N) is 2. The van der Waals surface area contributed by atoms with Gasteiger partial charge < -0.3 is 10.2 Å². The molecule has 1 aromatic heterocycles. The van der Waals surface area contributed by atoms with Crippen LogP contribution < -0.4 is 10.2 Å². The molecule has 1 amide bonds. The molecule has 23 heavy (non-hydrogen) atoms. The first-order valence-corrected chi connectivity index (χ1v) is 8.81. The van der Waals surface area contributed by atoms with Gasteiger partial charge in [-0.25, -0.2) is 4.98 Å². The molecule has 5 heteroatoms. The van der Waals surface area contributed by atoms with Crippen molar-refractivity contribution in [1.82, 2.24) is 10.3 Å². The van der Waals surface area contributed by atoms with E-state index < -0.39 is 0 Å². The third kappa shape index (κ3) is 4.20. The molecule has 0 atom stereocenters. The minimum absolute atomic E-state index is 0.0909. The van der Waals surface area contributed by atoms with E-state index in [0.29, 0.717) is 6.54 Å². The summed E-state index contributed by atoms with van der Waals surface area (Å²) in [5, 5.41) is 5.91. The highest BCUT2D eigenvalue weighted by Crippen LogP contribution is 2.24. The molecule has 3 rings (SSSR count). The first-order valence-electron chi connectivity index (χ1n) is 7.93. The highest BCUT2D eigenvalue weighted by atomic mass is 32.1. The topological polar surface area (TPSA) is 45.2 Å². The van der Waals surface area contributed by atoms with Gasteiger partial charge in [-0.2, -0.15) is 0 Å². The minimum atomic E-state index is -0.0909. The number of carbonyl (C=O) groups excluding carboxylic acids is 1. The van der Waals surface area contributed by atoms with Gasteiger partial charge in [-0.05, 0) is 37.5 Å². The smallest absolute Gasteiger partial charge is 0.244 e. The van der Waals surface area contributed by atoms with Crippen molar-refractivity contribution in [2.75, 3.05) is 18.0 Å². The lowest BCUT2D eigenvalue weighted by Gasteiger charge is -2.21. The molecule has 120 valence electrons. The van der Waals surface area contributed by atoms with E-state index in [-0.39, 0.29) is 5.91 Å². The zero-order valence-corrected chi connectivity index (χ0v) is 14.1. The van der Waals surface area contributed by atoms with Crippen molar-refractivity contribution in [1.29, 1.82) is 0 Å². The Hall–Kier alpha value is -2.14. The quantitative estimate of drug-likeness (QED) is 0.856. The standard InChI is InChI=1S/C18H21N3OS/c1-14-20-16(13-23-14)8-9-18(22)19-12-15-6-2-3-7-17(15)21-10-4-5-11-21/h2-3,6-9,13H,4-5,10-12H2,1H3,(H,19,22)/b9-8+. The van der Waals surface area contributed by atoms with E-state index in [0.717, 1.165) is 23.8 Å². The van der Waals surface area contributed by atoms with Crippen LogP contribution in [0.3, 0.4) is 0 Å². The molecule has 2 aromatic rings. The Labute approximate surface area is 140 Å². The Morgan fingerprint density at radius 2 is 2.13 bits per heavy atom. The molecule has 1 N–H and O–H groups in total. The summed E-state index contributed by atoms with van der Waals surface area (Å²) in [7, 11) is 0. The van der Waals surface area contributed by atoms with Gasteiger partial charge in [0.05, 0.1) is 10.7 Å². The number of amides is 1. The first-order chi connectivity index (χ1) is 11.2. The second kappa shape index (κ2) is 7.42. The van der Waals surface area contributed by atoms with E-state index in [1.807, 2.05) is 18.4 Å². The van der Waals surface area contributed by atoms with Gasteiger partial charge in [0.2, 0.25) is 5.91 Å². The predicted octanol–water partition coefficient (Wildman–Crippen LogP) is 3.38. The molecule has 1 saturated heterocycles. The van der Waals surface area contributed by atoms with E-state index in [1.165, 1.54) is 24.1 Å². The Bertz CT molecular complexity index is 702. The van der Waals surface area contributed by atoms with Gasteiger partial charge in [0, 0.05) is 36.8 Å². The molecule has 0 unspecified atom stereocenters. The molecule has 4 nitrogen and oxygen atoms in total. The fourth-order valence-electron chi connectivity index (χ4n) is 2.79. The number of aryl methyl sites for hydroxylation is 1. The van der Waals surface area contributed by atoms with Crippen molar-refractivity contribution in [2.45, 2.75) is 26.3 Å². The summed E-state index contributed by atoms with van der Waals surface area (Å²) in [6, 6.07) is 8.31. The SMILES string of the molecule is Cc1nc(/C=C/C(=O)NCc2ccccc2N2CCCC2)cs1. The number of para-hydroxylation sites is 1. The molecule has 1 aromatic carbocycles. The average Bonchev–Trinajstić information content (AvgIpc) is 3.23. The van der Waals surface area contributed by atoms with Gasteiger partial charge in [-0.3, -0.25) is 4.79 Å². The fourth-order valence-corrected chi connectivity index (χ4v) is 3.37. The maximum atomic E-state index is 12.0. The molecule has 0 bridgehead atoms. The highest BCUT2D eigenvalue weighted by Gasteiger charge is 2.15. The van der Waals surface area contributed by atoms with Crippen molar-refractivity contribution in [3.05, 3.63) is 52.0 Å². The fraction of sp³-hybridized carbons (Fsp3) is 0.333. The van der Waals surface area contributed by atoms with Gasteiger partial charge in [-0.15, -0.1) is 11.3 Å². The van der Waals surface area contributed by atoms with Crippen LogP contribution in [-0.2, 0) is 11.3 Å². The van der Waals surface area contributed by atoms with E-state index in [4.69, 9.17) is 0 Å². The molecular formula is C18H21N3OS. The van der Waals surface area contributed by atoms with Gasteiger partial charge in [-0.1, -0.05) is 18.2 Å². The number of thiazole rings is 1. The Kier molecular flexibility index (Phi) is 5.08. The van der Waals surface area contributed by atoms with Gasteiger partial charge in [0.1, 0.15) is 0 Å². The van der Waals surface area contributed by atoms with Crippen LogP contribution in [0.15, 0.2) is 35.7 Å². The molecule has 1 aliphatic rings. The molecule has 0 aliphatic carbocycles. The minimum Gasteiger partial charge on any atom is -0.371 e. The number of hydrogen-bond acceptors (Lipinski definition) is 4. The van der Waals surface area contributed by atoms with Crippen molar-refractivity contribution in [3.8, 4) is 0 Å². The van der Waals surface area contributed by atoms with E-state index in [1.54, 1.807) is 23.5 Å². The van der Waals surface area contributed by atoms with E-state index in [9.17, 15) is 4.79 Å². The number of carbonyl (C=O) groups is 1. The number of aromatic nitrogens is 1. The number of rotatable bonds is 5. The molecule has 1 aliphatic heterocycles. The molecule has 2 heterocycles. The van der Waals surface area contributed by atoms with Crippen LogP contribution in [0.2, 0.25) is 0 Å². The van der Waals surface area contributed by atoms with Crippen molar-refractivity contribution < 1.29 is 4.79 Å². The van der Waals surface area contributed by atoms with Crippen molar-refractivity contribution >= 4 is 29.0 Å². The second-order valence-corrected chi connectivity index (χ2v) is 6.73. The zero-order valence-electron chi connectivity index (χ0n) is 13.3. The molecular weight excluding hydrogens is 306 g/mol. The van der Waals surface area contributed by atoms with Crippen LogP contribution in [0.4, 0.5) is 5.69 Å². The predicted molar refractivity (Wildman–Crippen MR) is 95.6 cm³/mol. The summed E-state index contributed by atoms with van der Waals surface area (Å²) in [6.45, 7) is 4.71. The van der Waals surface area contributed by atoms with Crippen molar-refractivity contribution in [3.63, 3.8) is 0 Å². The van der Waals surface area contributed by atoms with Gasteiger partial charge >= 0.3 is 0 Å². The van der Waals surface area contributed by atoms with Crippen LogP contribution in [0, 0.1) is 6.92 Å². The van der Waals surface area contributed by atoms with Crippen LogP contribution >= 0.6 is 11.3 Å². The van der Waals surface area contributed by atoms with E-state index in [2.05, 4.69) is 33.4 Å². The largest absolute Gasteiger partial charge is 0.371 e.